The molecule has 0 bridgehead atoms. The minimum atomic E-state index is -0.480. The first-order valence-corrected chi connectivity index (χ1v) is 13.5. The fraction of sp³-hybridized carbons (Fsp3) is 0.870. The van der Waals surface area contributed by atoms with Gasteiger partial charge in [0.15, 0.2) is 0 Å². The molecule has 0 atom stereocenters. The quantitative estimate of drug-likeness (QED) is 0.179. The summed E-state index contributed by atoms with van der Waals surface area (Å²) in [6.45, 7) is 17.1. The molecule has 0 aromatic carbocycles. The number of hydrogen-bond donors (Lipinski definition) is 2. The molecule has 0 rings (SSSR count). The molecule has 0 saturated heterocycles. The SMILES string of the molecule is CC(C)NC(=O)C(C)(C)CCOC(C)(C)CCNC(=O)CCSSC(C)(C)CCC=O. The average molecular weight is 477 g/mol. The molecule has 0 radical (unpaired) electrons. The minimum Gasteiger partial charge on any atom is -0.375 e. The minimum absolute atomic E-state index is 0.0352. The van der Waals surface area contributed by atoms with Crippen molar-refractivity contribution in [3.8, 4) is 0 Å². The number of nitrogens with one attached hydrogen (secondary N) is 2. The van der Waals surface area contributed by atoms with Gasteiger partial charge < -0.3 is 20.2 Å². The predicted molar refractivity (Wildman–Crippen MR) is 133 cm³/mol. The molecule has 2 amide bonds. The van der Waals surface area contributed by atoms with Crippen LogP contribution in [0.25, 0.3) is 0 Å². The molecule has 8 heteroatoms. The molecule has 0 aromatic rings. The van der Waals surface area contributed by atoms with Gasteiger partial charge in [-0.1, -0.05) is 35.4 Å². The summed E-state index contributed by atoms with van der Waals surface area (Å²) in [5.74, 6) is 0.828. The van der Waals surface area contributed by atoms with Crippen molar-refractivity contribution in [2.45, 2.75) is 104 Å². The van der Waals surface area contributed by atoms with Gasteiger partial charge in [-0.15, -0.1) is 0 Å². The second-order valence-electron chi connectivity index (χ2n) is 10.1. The summed E-state index contributed by atoms with van der Waals surface area (Å²) in [5, 5.41) is 5.92. The summed E-state index contributed by atoms with van der Waals surface area (Å²) >= 11 is 0. The number of carbonyl (C=O) groups excluding carboxylic acids is 3. The third kappa shape index (κ3) is 15.7. The summed E-state index contributed by atoms with van der Waals surface area (Å²) < 4.78 is 6.04. The lowest BCUT2D eigenvalue weighted by Gasteiger charge is -2.29. The molecule has 0 unspecified atom stereocenters. The number of amides is 2. The van der Waals surface area contributed by atoms with E-state index in [2.05, 4.69) is 24.5 Å². The first-order chi connectivity index (χ1) is 14.2. The lowest BCUT2D eigenvalue weighted by molar-refractivity contribution is -0.132. The number of aldehydes is 1. The van der Waals surface area contributed by atoms with Crippen LogP contribution >= 0.6 is 21.6 Å². The van der Waals surface area contributed by atoms with Crippen molar-refractivity contribution in [3.63, 3.8) is 0 Å². The topological polar surface area (TPSA) is 84.5 Å². The number of hydrogen-bond acceptors (Lipinski definition) is 6. The van der Waals surface area contributed by atoms with Gasteiger partial charge in [0, 0.05) is 47.9 Å². The first kappa shape index (κ1) is 30.3. The molecule has 2 N–H and O–H groups in total. The van der Waals surface area contributed by atoms with Gasteiger partial charge in [0.05, 0.1) is 5.60 Å². The van der Waals surface area contributed by atoms with Crippen LogP contribution in [0, 0.1) is 5.41 Å². The first-order valence-electron chi connectivity index (χ1n) is 11.2. The largest absolute Gasteiger partial charge is 0.375 e. The Labute approximate surface area is 197 Å². The highest BCUT2D eigenvalue weighted by Crippen LogP contribution is 2.38. The standard InChI is InChI=1S/C23H44N2O4S2/c1-18(2)25-20(28)21(3,4)13-16-29-22(5,6)12-14-24-19(27)10-17-30-31-23(7,8)11-9-15-26/h15,18H,9-14,16-17H2,1-8H3,(H,24,27)(H,25,28). The Morgan fingerprint density at radius 2 is 1.68 bits per heavy atom. The van der Waals surface area contributed by atoms with Crippen LogP contribution in [-0.4, -0.2) is 53.4 Å². The highest BCUT2D eigenvalue weighted by Gasteiger charge is 2.29. The zero-order chi connectivity index (χ0) is 24.1. The van der Waals surface area contributed by atoms with Crippen molar-refractivity contribution >= 4 is 39.7 Å². The molecule has 0 saturated carbocycles. The van der Waals surface area contributed by atoms with E-state index in [1.807, 2.05) is 41.5 Å². The van der Waals surface area contributed by atoms with Crippen LogP contribution in [0.2, 0.25) is 0 Å². The van der Waals surface area contributed by atoms with E-state index in [4.69, 9.17) is 4.74 Å². The fourth-order valence-corrected chi connectivity index (χ4v) is 5.18. The van der Waals surface area contributed by atoms with Gasteiger partial charge in [-0.05, 0) is 60.8 Å². The second-order valence-corrected chi connectivity index (χ2v) is 13.2. The molecule has 0 aromatic heterocycles. The zero-order valence-electron chi connectivity index (χ0n) is 20.8. The Kier molecular flexibility index (Phi) is 14.1. The van der Waals surface area contributed by atoms with Crippen molar-refractivity contribution < 1.29 is 19.1 Å². The molecule has 0 spiro atoms. The van der Waals surface area contributed by atoms with Crippen LogP contribution in [0.15, 0.2) is 0 Å². The Hall–Kier alpha value is -0.730. The summed E-state index contributed by atoms with van der Waals surface area (Å²) in [6, 6.07) is 0.124. The van der Waals surface area contributed by atoms with E-state index < -0.39 is 5.41 Å². The average Bonchev–Trinajstić information content (AvgIpc) is 2.62. The van der Waals surface area contributed by atoms with Crippen LogP contribution in [0.3, 0.4) is 0 Å². The highest BCUT2D eigenvalue weighted by molar-refractivity contribution is 8.77. The third-order valence-electron chi connectivity index (χ3n) is 4.86. The lowest BCUT2D eigenvalue weighted by Crippen LogP contribution is -2.41. The van der Waals surface area contributed by atoms with E-state index in [1.54, 1.807) is 21.6 Å². The summed E-state index contributed by atoms with van der Waals surface area (Å²) in [7, 11) is 3.41. The van der Waals surface area contributed by atoms with Gasteiger partial charge in [-0.2, -0.15) is 0 Å². The van der Waals surface area contributed by atoms with Crippen LogP contribution in [0.1, 0.15) is 87.5 Å². The van der Waals surface area contributed by atoms with Gasteiger partial charge >= 0.3 is 0 Å². The van der Waals surface area contributed by atoms with Gasteiger partial charge in [0.25, 0.3) is 0 Å². The second kappa shape index (κ2) is 14.4. The summed E-state index contributed by atoms with van der Waals surface area (Å²) in [4.78, 5) is 34.8. The molecular formula is C23H44N2O4S2. The Morgan fingerprint density at radius 1 is 1.03 bits per heavy atom. The maximum absolute atomic E-state index is 12.3. The van der Waals surface area contributed by atoms with Crippen molar-refractivity contribution in [3.05, 3.63) is 0 Å². The molecule has 31 heavy (non-hydrogen) atoms. The van der Waals surface area contributed by atoms with E-state index in [0.29, 0.717) is 38.8 Å². The van der Waals surface area contributed by atoms with E-state index >= 15 is 0 Å². The summed E-state index contributed by atoms with van der Waals surface area (Å²) in [6.07, 6.45) is 4.19. The van der Waals surface area contributed by atoms with Crippen molar-refractivity contribution in [1.29, 1.82) is 0 Å². The third-order valence-corrected chi connectivity index (χ3v) is 8.22. The van der Waals surface area contributed by atoms with Gasteiger partial charge in [0.1, 0.15) is 6.29 Å². The number of ether oxygens (including phenoxy) is 1. The van der Waals surface area contributed by atoms with Crippen LogP contribution in [0.5, 0.6) is 0 Å². The van der Waals surface area contributed by atoms with Crippen LogP contribution in [0.4, 0.5) is 0 Å². The fourth-order valence-electron chi connectivity index (χ4n) is 2.60. The molecule has 6 nitrogen and oxygen atoms in total. The van der Waals surface area contributed by atoms with E-state index in [9.17, 15) is 14.4 Å². The predicted octanol–water partition coefficient (Wildman–Crippen LogP) is 4.76. The van der Waals surface area contributed by atoms with Crippen LogP contribution < -0.4 is 10.6 Å². The Bertz CT molecular complexity index is 564. The van der Waals surface area contributed by atoms with Gasteiger partial charge in [0.2, 0.25) is 11.8 Å². The molecule has 0 fully saturated rings. The number of carbonyl (C=O) groups is 3. The molecular weight excluding hydrogens is 432 g/mol. The maximum Gasteiger partial charge on any atom is 0.225 e. The molecule has 0 aliphatic heterocycles. The van der Waals surface area contributed by atoms with Crippen molar-refractivity contribution in [2.75, 3.05) is 18.9 Å². The zero-order valence-corrected chi connectivity index (χ0v) is 22.4. The lowest BCUT2D eigenvalue weighted by atomic mass is 9.88. The van der Waals surface area contributed by atoms with Crippen molar-refractivity contribution in [2.24, 2.45) is 5.41 Å². The monoisotopic (exact) mass is 476 g/mol. The van der Waals surface area contributed by atoms with Crippen LogP contribution in [-0.2, 0) is 19.1 Å². The maximum atomic E-state index is 12.3. The Balaban J connectivity index is 4.06. The van der Waals surface area contributed by atoms with Crippen molar-refractivity contribution in [1.82, 2.24) is 10.6 Å². The summed E-state index contributed by atoms with van der Waals surface area (Å²) in [5.41, 5.74) is -0.850. The van der Waals surface area contributed by atoms with E-state index in [-0.39, 0.29) is 28.2 Å². The van der Waals surface area contributed by atoms with Gasteiger partial charge in [-0.25, -0.2) is 0 Å². The Morgan fingerprint density at radius 3 is 2.26 bits per heavy atom. The van der Waals surface area contributed by atoms with Gasteiger partial charge in [-0.3, -0.25) is 9.59 Å². The number of rotatable bonds is 17. The van der Waals surface area contributed by atoms with E-state index in [1.165, 1.54) is 0 Å². The van der Waals surface area contributed by atoms with E-state index in [0.717, 1.165) is 18.5 Å². The highest BCUT2D eigenvalue weighted by atomic mass is 33.1. The molecule has 0 aliphatic carbocycles. The smallest absolute Gasteiger partial charge is 0.225 e. The normalized spacial score (nSPS) is 12.7. The molecule has 182 valence electrons. The molecule has 0 heterocycles. The molecule has 0 aliphatic rings.